The van der Waals surface area contributed by atoms with Gasteiger partial charge in [-0.15, -0.1) is 0 Å². The molecule has 1 aromatic heterocycles. The molecule has 1 amide bonds. The quantitative estimate of drug-likeness (QED) is 0.611. The van der Waals surface area contributed by atoms with Crippen LogP contribution in [0.25, 0.3) is 0 Å². The van der Waals surface area contributed by atoms with Gasteiger partial charge in [0.15, 0.2) is 5.76 Å². The molecule has 7 nitrogen and oxygen atoms in total. The Morgan fingerprint density at radius 3 is 2.69 bits per heavy atom. The van der Waals surface area contributed by atoms with Gasteiger partial charge < -0.3 is 9.73 Å². The molecular weight excluding hydrogens is 214 g/mol. The normalized spacial score (nSPS) is 10.6. The third kappa shape index (κ3) is 2.57. The van der Waals surface area contributed by atoms with Gasteiger partial charge in [-0.05, 0) is 19.9 Å². The topological polar surface area (TPSA) is 109 Å². The number of nitro groups is 1. The highest BCUT2D eigenvalue weighted by atomic mass is 16.6. The van der Waals surface area contributed by atoms with Crippen molar-refractivity contribution in [1.29, 1.82) is 5.26 Å². The predicted octanol–water partition coefficient (Wildman–Crippen LogP) is 1.22. The van der Waals surface area contributed by atoms with E-state index in [4.69, 9.17) is 5.26 Å². The van der Waals surface area contributed by atoms with Gasteiger partial charge in [-0.1, -0.05) is 0 Å². The van der Waals surface area contributed by atoms with E-state index >= 15 is 0 Å². The highest BCUT2D eigenvalue weighted by molar-refractivity contribution is 5.92. The van der Waals surface area contributed by atoms with Crippen molar-refractivity contribution in [2.45, 2.75) is 19.4 Å². The number of carbonyl (C=O) groups is 1. The van der Waals surface area contributed by atoms with Gasteiger partial charge in [0.2, 0.25) is 0 Å². The van der Waals surface area contributed by atoms with E-state index in [1.54, 1.807) is 0 Å². The fourth-order valence-electron chi connectivity index (χ4n) is 0.921. The summed E-state index contributed by atoms with van der Waals surface area (Å²) >= 11 is 0. The van der Waals surface area contributed by atoms with Gasteiger partial charge in [0.1, 0.15) is 10.5 Å². The van der Waals surface area contributed by atoms with E-state index in [1.165, 1.54) is 19.9 Å². The molecule has 1 heterocycles. The van der Waals surface area contributed by atoms with Crippen LogP contribution in [-0.2, 0) is 0 Å². The minimum Gasteiger partial charge on any atom is -0.395 e. The maximum atomic E-state index is 11.5. The number of furan rings is 1. The molecule has 0 saturated carbocycles. The van der Waals surface area contributed by atoms with Crippen molar-refractivity contribution in [3.05, 3.63) is 28.0 Å². The molecular formula is C9H9N3O4. The van der Waals surface area contributed by atoms with Crippen LogP contribution in [0, 0.1) is 21.4 Å². The molecule has 0 radical (unpaired) electrons. The Kier molecular flexibility index (Phi) is 2.94. The Bertz CT molecular complexity index is 469. The van der Waals surface area contributed by atoms with E-state index in [9.17, 15) is 14.9 Å². The first-order chi connectivity index (χ1) is 7.35. The number of nitriles is 1. The van der Waals surface area contributed by atoms with Crippen molar-refractivity contribution in [3.8, 4) is 6.07 Å². The molecule has 0 aliphatic rings. The first-order valence-corrected chi connectivity index (χ1v) is 4.34. The summed E-state index contributed by atoms with van der Waals surface area (Å²) in [5, 5.41) is 21.3. The van der Waals surface area contributed by atoms with E-state index < -0.39 is 22.3 Å². The van der Waals surface area contributed by atoms with Gasteiger partial charge in [0.25, 0.3) is 5.91 Å². The average Bonchev–Trinajstić information content (AvgIpc) is 2.66. The SMILES string of the molecule is CC(C)(C#N)NC(=O)c1ccc([N+](=O)[O-])o1. The second kappa shape index (κ2) is 4.02. The molecule has 0 bridgehead atoms. The number of nitrogens with zero attached hydrogens (tertiary/aromatic N) is 2. The molecule has 0 fully saturated rings. The van der Waals surface area contributed by atoms with Crippen molar-refractivity contribution in [1.82, 2.24) is 5.32 Å². The summed E-state index contributed by atoms with van der Waals surface area (Å²) in [4.78, 5) is 21.0. The number of carbonyl (C=O) groups excluding carboxylic acids is 1. The number of nitrogens with one attached hydrogen (secondary N) is 1. The van der Waals surface area contributed by atoms with Crippen LogP contribution < -0.4 is 5.32 Å². The van der Waals surface area contributed by atoms with E-state index in [-0.39, 0.29) is 5.76 Å². The molecule has 0 saturated heterocycles. The summed E-state index contributed by atoms with van der Waals surface area (Å²) in [6.45, 7) is 3.00. The zero-order valence-corrected chi connectivity index (χ0v) is 8.68. The van der Waals surface area contributed by atoms with Crippen LogP contribution in [0.3, 0.4) is 0 Å². The monoisotopic (exact) mass is 223 g/mol. The van der Waals surface area contributed by atoms with E-state index in [0.29, 0.717) is 0 Å². The molecule has 1 N–H and O–H groups in total. The van der Waals surface area contributed by atoms with Crippen molar-refractivity contribution >= 4 is 11.8 Å². The van der Waals surface area contributed by atoms with Gasteiger partial charge in [0.05, 0.1) is 12.1 Å². The first kappa shape index (κ1) is 11.7. The first-order valence-electron chi connectivity index (χ1n) is 4.34. The number of amides is 1. The second-order valence-corrected chi connectivity index (χ2v) is 3.59. The molecule has 1 rings (SSSR count). The van der Waals surface area contributed by atoms with Gasteiger partial charge in [0, 0.05) is 0 Å². The fraction of sp³-hybridized carbons (Fsp3) is 0.333. The highest BCUT2D eigenvalue weighted by Gasteiger charge is 2.23. The van der Waals surface area contributed by atoms with Crippen LogP contribution in [0.2, 0.25) is 0 Å². The zero-order valence-electron chi connectivity index (χ0n) is 8.68. The molecule has 1 aromatic rings. The van der Waals surface area contributed by atoms with Crippen LogP contribution in [-0.4, -0.2) is 16.4 Å². The molecule has 16 heavy (non-hydrogen) atoms. The lowest BCUT2D eigenvalue weighted by Crippen LogP contribution is -2.41. The third-order valence-corrected chi connectivity index (χ3v) is 1.70. The minimum absolute atomic E-state index is 0.199. The number of rotatable bonds is 3. The van der Waals surface area contributed by atoms with Crippen molar-refractivity contribution < 1.29 is 14.1 Å². The summed E-state index contributed by atoms with van der Waals surface area (Å²) in [6, 6.07) is 4.12. The highest BCUT2D eigenvalue weighted by Crippen LogP contribution is 2.16. The average molecular weight is 223 g/mol. The molecule has 0 aromatic carbocycles. The number of hydrogen-bond acceptors (Lipinski definition) is 5. The van der Waals surface area contributed by atoms with Crippen LogP contribution >= 0.6 is 0 Å². The predicted molar refractivity (Wildman–Crippen MR) is 52.5 cm³/mol. The fourth-order valence-corrected chi connectivity index (χ4v) is 0.921. The molecule has 0 aliphatic carbocycles. The summed E-state index contributed by atoms with van der Waals surface area (Å²) in [5.74, 6) is -1.38. The zero-order chi connectivity index (χ0) is 12.3. The molecule has 0 atom stereocenters. The second-order valence-electron chi connectivity index (χ2n) is 3.59. The Morgan fingerprint density at radius 1 is 1.62 bits per heavy atom. The van der Waals surface area contributed by atoms with Crippen LogP contribution in [0.1, 0.15) is 24.4 Å². The summed E-state index contributed by atoms with van der Waals surface area (Å²) in [6.07, 6.45) is 0. The molecule has 7 heteroatoms. The molecule has 0 unspecified atom stereocenters. The van der Waals surface area contributed by atoms with Crippen LogP contribution in [0.5, 0.6) is 0 Å². The maximum absolute atomic E-state index is 11.5. The van der Waals surface area contributed by atoms with Crippen molar-refractivity contribution in [2.24, 2.45) is 0 Å². The Morgan fingerprint density at radius 2 is 2.25 bits per heavy atom. The van der Waals surface area contributed by atoms with E-state index in [0.717, 1.165) is 6.07 Å². The Hall–Kier alpha value is -2.36. The smallest absolute Gasteiger partial charge is 0.395 e. The van der Waals surface area contributed by atoms with E-state index in [1.807, 2.05) is 6.07 Å². The van der Waals surface area contributed by atoms with Gasteiger partial charge in [-0.3, -0.25) is 14.9 Å². The maximum Gasteiger partial charge on any atom is 0.433 e. The van der Waals surface area contributed by atoms with Crippen molar-refractivity contribution in [2.75, 3.05) is 0 Å². The molecule has 0 aliphatic heterocycles. The van der Waals surface area contributed by atoms with Gasteiger partial charge in [-0.2, -0.15) is 5.26 Å². The van der Waals surface area contributed by atoms with E-state index in [2.05, 4.69) is 9.73 Å². The largest absolute Gasteiger partial charge is 0.433 e. The summed E-state index contributed by atoms with van der Waals surface area (Å²) in [7, 11) is 0. The third-order valence-electron chi connectivity index (χ3n) is 1.70. The Balaban J connectivity index is 2.82. The lowest BCUT2D eigenvalue weighted by Gasteiger charge is -2.15. The summed E-state index contributed by atoms with van der Waals surface area (Å²) in [5.41, 5.74) is -1.06. The summed E-state index contributed by atoms with van der Waals surface area (Å²) < 4.78 is 4.68. The van der Waals surface area contributed by atoms with Crippen molar-refractivity contribution in [3.63, 3.8) is 0 Å². The van der Waals surface area contributed by atoms with Gasteiger partial charge in [-0.25, -0.2) is 0 Å². The number of hydrogen-bond donors (Lipinski definition) is 1. The molecule has 84 valence electrons. The van der Waals surface area contributed by atoms with Gasteiger partial charge >= 0.3 is 5.88 Å². The lowest BCUT2D eigenvalue weighted by atomic mass is 10.1. The van der Waals surface area contributed by atoms with Crippen LogP contribution in [0.15, 0.2) is 16.5 Å². The Labute approximate surface area is 90.8 Å². The molecule has 0 spiro atoms. The van der Waals surface area contributed by atoms with Crippen LogP contribution in [0.4, 0.5) is 5.88 Å². The standard InChI is InChI=1S/C9H9N3O4/c1-9(2,5-10)11-8(13)6-3-4-7(16-6)12(14)15/h3-4H,1-2H3,(H,11,13). The lowest BCUT2D eigenvalue weighted by molar-refractivity contribution is -0.402. The minimum atomic E-state index is -1.06.